The molecule has 0 aliphatic carbocycles. The third-order valence-corrected chi connectivity index (χ3v) is 6.65. The zero-order valence-electron chi connectivity index (χ0n) is 21.4. The molecular formula is C30H37N3O2. The van der Waals surface area contributed by atoms with E-state index in [9.17, 15) is 4.79 Å². The van der Waals surface area contributed by atoms with Gasteiger partial charge in [-0.3, -0.25) is 4.79 Å². The molecule has 0 saturated carbocycles. The molecule has 0 spiro atoms. The van der Waals surface area contributed by atoms with Gasteiger partial charge in [0.05, 0.1) is 12.1 Å². The Morgan fingerprint density at radius 1 is 1.14 bits per heavy atom. The van der Waals surface area contributed by atoms with Crippen LogP contribution < -0.4 is 15.0 Å². The van der Waals surface area contributed by atoms with Crippen LogP contribution in [0.4, 0.5) is 11.5 Å². The Kier molecular flexibility index (Phi) is 8.06. The summed E-state index contributed by atoms with van der Waals surface area (Å²) in [6.07, 6.45) is 6.84. The number of aromatic nitrogens is 1. The molecule has 0 unspecified atom stereocenters. The average Bonchev–Trinajstić information content (AvgIpc) is 2.84. The predicted octanol–water partition coefficient (Wildman–Crippen LogP) is 6.86. The summed E-state index contributed by atoms with van der Waals surface area (Å²) in [5, 5.41) is 4.04. The maximum Gasteiger partial charge on any atom is 0.248 e. The molecule has 1 aromatic heterocycles. The molecule has 1 amide bonds. The highest BCUT2D eigenvalue weighted by Crippen LogP contribution is 2.28. The van der Waals surface area contributed by atoms with Gasteiger partial charge >= 0.3 is 0 Å². The molecule has 4 rings (SSSR count). The third-order valence-electron chi connectivity index (χ3n) is 6.65. The fourth-order valence-electron chi connectivity index (χ4n) is 4.30. The zero-order valence-corrected chi connectivity index (χ0v) is 21.4. The van der Waals surface area contributed by atoms with Crippen LogP contribution >= 0.6 is 0 Å². The summed E-state index contributed by atoms with van der Waals surface area (Å²) in [4.78, 5) is 19.8. The van der Waals surface area contributed by atoms with Crippen molar-refractivity contribution < 1.29 is 9.53 Å². The predicted molar refractivity (Wildman–Crippen MR) is 146 cm³/mol. The maximum atomic E-state index is 12.5. The van der Waals surface area contributed by atoms with Crippen LogP contribution in [-0.2, 0) is 4.79 Å². The van der Waals surface area contributed by atoms with Gasteiger partial charge in [0.25, 0.3) is 0 Å². The topological polar surface area (TPSA) is 54.5 Å². The standard InChI is InChI=1S/C30H37N3O2/c1-21(2)15-18-35-26-9-5-24(6-10-26)7-12-30(34)31-25-8-11-28-27(20-25)23(4)19-29(32-28)33-16-13-22(3)14-17-33/h5-12,19-22H,13-18H2,1-4H3,(H,31,34). The number of amides is 1. The minimum atomic E-state index is -0.161. The van der Waals surface area contributed by atoms with Crippen LogP contribution in [0.5, 0.6) is 5.75 Å². The van der Waals surface area contributed by atoms with Crippen molar-refractivity contribution in [1.29, 1.82) is 0 Å². The first kappa shape index (κ1) is 24.8. The Morgan fingerprint density at radius 2 is 1.89 bits per heavy atom. The van der Waals surface area contributed by atoms with Crippen molar-refractivity contribution in [3.8, 4) is 5.75 Å². The van der Waals surface area contributed by atoms with Gasteiger partial charge in [0.2, 0.25) is 5.91 Å². The Hall–Kier alpha value is -3.34. The molecule has 1 fully saturated rings. The second-order valence-corrected chi connectivity index (χ2v) is 10.1. The van der Waals surface area contributed by atoms with E-state index in [1.807, 2.05) is 48.5 Å². The van der Waals surface area contributed by atoms with Gasteiger partial charge in [0.1, 0.15) is 11.6 Å². The van der Waals surface area contributed by atoms with Gasteiger partial charge in [0.15, 0.2) is 0 Å². The van der Waals surface area contributed by atoms with E-state index in [1.165, 1.54) is 18.4 Å². The summed E-state index contributed by atoms with van der Waals surface area (Å²) in [5.74, 6) is 3.16. The van der Waals surface area contributed by atoms with Gasteiger partial charge in [-0.2, -0.15) is 0 Å². The summed E-state index contributed by atoms with van der Waals surface area (Å²) >= 11 is 0. The zero-order chi connectivity index (χ0) is 24.8. The van der Waals surface area contributed by atoms with E-state index in [2.05, 4.69) is 44.0 Å². The smallest absolute Gasteiger partial charge is 0.248 e. The number of carbonyl (C=O) groups is 1. The van der Waals surface area contributed by atoms with Crippen molar-refractivity contribution in [2.75, 3.05) is 29.9 Å². The Balaban J connectivity index is 1.37. The molecular weight excluding hydrogens is 434 g/mol. The third kappa shape index (κ3) is 6.84. The molecule has 1 aliphatic rings. The Labute approximate surface area is 209 Å². The number of ether oxygens (including phenoxy) is 1. The molecule has 2 heterocycles. The van der Waals surface area contributed by atoms with E-state index in [4.69, 9.17) is 9.72 Å². The monoisotopic (exact) mass is 471 g/mol. The lowest BCUT2D eigenvalue weighted by molar-refractivity contribution is -0.111. The van der Waals surface area contributed by atoms with Gasteiger partial charge in [-0.05, 0) is 91.6 Å². The molecule has 0 radical (unpaired) electrons. The summed E-state index contributed by atoms with van der Waals surface area (Å²) in [5.41, 5.74) is 3.86. The molecule has 1 saturated heterocycles. The highest BCUT2D eigenvalue weighted by molar-refractivity contribution is 6.03. The number of carbonyl (C=O) groups excluding carboxylic acids is 1. The lowest BCUT2D eigenvalue weighted by Gasteiger charge is -2.31. The van der Waals surface area contributed by atoms with Gasteiger partial charge in [-0.1, -0.05) is 32.9 Å². The van der Waals surface area contributed by atoms with E-state index in [0.717, 1.165) is 65.8 Å². The van der Waals surface area contributed by atoms with E-state index < -0.39 is 0 Å². The van der Waals surface area contributed by atoms with Crippen molar-refractivity contribution in [2.24, 2.45) is 11.8 Å². The number of benzene rings is 2. The summed E-state index contributed by atoms with van der Waals surface area (Å²) in [6, 6.07) is 15.9. The van der Waals surface area contributed by atoms with Crippen LogP contribution in [0, 0.1) is 18.8 Å². The summed E-state index contributed by atoms with van der Waals surface area (Å²) in [6.45, 7) is 11.6. The first-order chi connectivity index (χ1) is 16.9. The number of aryl methyl sites for hydroxylation is 1. The molecule has 35 heavy (non-hydrogen) atoms. The van der Waals surface area contributed by atoms with Crippen LogP contribution in [0.3, 0.4) is 0 Å². The molecule has 0 atom stereocenters. The number of fused-ring (bicyclic) bond motifs is 1. The van der Waals surface area contributed by atoms with Crippen LogP contribution in [0.25, 0.3) is 17.0 Å². The maximum absolute atomic E-state index is 12.5. The van der Waals surface area contributed by atoms with Crippen molar-refractivity contribution >= 4 is 34.4 Å². The van der Waals surface area contributed by atoms with E-state index in [1.54, 1.807) is 6.08 Å². The molecule has 5 nitrogen and oxygen atoms in total. The largest absolute Gasteiger partial charge is 0.494 e. The normalized spacial score (nSPS) is 14.7. The van der Waals surface area contributed by atoms with Gasteiger partial charge < -0.3 is 15.0 Å². The van der Waals surface area contributed by atoms with E-state index in [-0.39, 0.29) is 5.91 Å². The van der Waals surface area contributed by atoms with Crippen LogP contribution in [-0.4, -0.2) is 30.6 Å². The van der Waals surface area contributed by atoms with Gasteiger partial charge in [-0.25, -0.2) is 4.98 Å². The molecule has 1 aliphatic heterocycles. The molecule has 5 heteroatoms. The number of rotatable bonds is 8. The number of hydrogen-bond acceptors (Lipinski definition) is 4. The Bertz CT molecular complexity index is 1180. The highest BCUT2D eigenvalue weighted by Gasteiger charge is 2.18. The molecule has 1 N–H and O–H groups in total. The minimum Gasteiger partial charge on any atom is -0.494 e. The second-order valence-electron chi connectivity index (χ2n) is 10.1. The lowest BCUT2D eigenvalue weighted by Crippen LogP contribution is -2.33. The first-order valence-corrected chi connectivity index (χ1v) is 12.8. The number of hydrogen-bond donors (Lipinski definition) is 1. The number of anilines is 2. The van der Waals surface area contributed by atoms with Crippen LogP contribution in [0.15, 0.2) is 54.6 Å². The van der Waals surface area contributed by atoms with Crippen molar-refractivity contribution in [3.63, 3.8) is 0 Å². The van der Waals surface area contributed by atoms with Crippen molar-refractivity contribution in [1.82, 2.24) is 4.98 Å². The average molecular weight is 472 g/mol. The fraction of sp³-hybridized carbons (Fsp3) is 0.400. The van der Waals surface area contributed by atoms with Gasteiger partial charge in [0, 0.05) is 30.2 Å². The summed E-state index contributed by atoms with van der Waals surface area (Å²) in [7, 11) is 0. The number of pyridine rings is 1. The van der Waals surface area contributed by atoms with E-state index >= 15 is 0 Å². The number of nitrogens with zero attached hydrogens (tertiary/aromatic N) is 2. The minimum absolute atomic E-state index is 0.161. The van der Waals surface area contributed by atoms with Crippen LogP contribution in [0.1, 0.15) is 51.2 Å². The summed E-state index contributed by atoms with van der Waals surface area (Å²) < 4.78 is 5.76. The highest BCUT2D eigenvalue weighted by atomic mass is 16.5. The van der Waals surface area contributed by atoms with E-state index in [0.29, 0.717) is 5.92 Å². The number of piperidine rings is 1. The lowest BCUT2D eigenvalue weighted by atomic mass is 9.99. The number of nitrogens with one attached hydrogen (secondary N) is 1. The van der Waals surface area contributed by atoms with Crippen molar-refractivity contribution in [2.45, 2.75) is 47.0 Å². The first-order valence-electron chi connectivity index (χ1n) is 12.8. The molecule has 3 aromatic rings. The fourth-order valence-corrected chi connectivity index (χ4v) is 4.30. The SMILES string of the molecule is Cc1cc(N2CCC(C)CC2)nc2ccc(NC(=O)C=Cc3ccc(OCCC(C)C)cc3)cc12. The molecule has 184 valence electrons. The molecule has 0 bridgehead atoms. The Morgan fingerprint density at radius 3 is 2.60 bits per heavy atom. The van der Waals surface area contributed by atoms with Crippen molar-refractivity contribution in [3.05, 3.63) is 65.7 Å². The van der Waals surface area contributed by atoms with Crippen LogP contribution in [0.2, 0.25) is 0 Å². The molecule has 2 aromatic carbocycles. The second kappa shape index (κ2) is 11.4. The quantitative estimate of drug-likeness (QED) is 0.365. The van der Waals surface area contributed by atoms with Gasteiger partial charge in [-0.15, -0.1) is 0 Å².